The van der Waals surface area contributed by atoms with Gasteiger partial charge in [0.15, 0.2) is 0 Å². The van der Waals surface area contributed by atoms with Crippen molar-refractivity contribution in [2.24, 2.45) is 5.92 Å². The standard InChI is InChI=1S/C30H32N4O4/c35-29(36)9-6-22-10-13-31-28(18-22)34(30(37)23-11-16-38-17-12-23)21-26-8-7-25(20-32-26)24-4-3-5-27(19-24)33-14-1-2-15-33/h3-10,13,18-20,23H,1-2,11-12,14-17,21H2,(H,35,36). The highest BCUT2D eigenvalue weighted by molar-refractivity contribution is 5.94. The highest BCUT2D eigenvalue weighted by atomic mass is 16.5. The maximum Gasteiger partial charge on any atom is 0.328 e. The van der Waals surface area contributed by atoms with E-state index in [1.807, 2.05) is 18.3 Å². The maximum atomic E-state index is 13.6. The third kappa shape index (κ3) is 6.26. The number of rotatable bonds is 8. The second-order valence-corrected chi connectivity index (χ2v) is 9.71. The van der Waals surface area contributed by atoms with Gasteiger partial charge in [0.1, 0.15) is 5.82 Å². The van der Waals surface area contributed by atoms with E-state index in [4.69, 9.17) is 14.8 Å². The van der Waals surface area contributed by atoms with Gasteiger partial charge in [0.05, 0.1) is 12.2 Å². The van der Waals surface area contributed by atoms with Gasteiger partial charge in [-0.25, -0.2) is 9.78 Å². The van der Waals surface area contributed by atoms with E-state index in [0.29, 0.717) is 37.4 Å². The zero-order valence-electron chi connectivity index (χ0n) is 21.3. The second kappa shape index (κ2) is 12.0. The molecule has 2 aromatic heterocycles. The van der Waals surface area contributed by atoms with Crippen LogP contribution in [0.3, 0.4) is 0 Å². The number of amides is 1. The lowest BCUT2D eigenvalue weighted by molar-refractivity contribution is -0.131. The number of aliphatic carboxylic acids is 1. The first-order valence-corrected chi connectivity index (χ1v) is 13.1. The Morgan fingerprint density at radius 2 is 1.84 bits per heavy atom. The summed E-state index contributed by atoms with van der Waals surface area (Å²) in [6.07, 6.45) is 9.80. The molecule has 0 unspecified atom stereocenters. The van der Waals surface area contributed by atoms with Crippen molar-refractivity contribution in [3.05, 3.63) is 78.3 Å². The third-order valence-corrected chi connectivity index (χ3v) is 7.10. The highest BCUT2D eigenvalue weighted by Gasteiger charge is 2.28. The van der Waals surface area contributed by atoms with Crippen molar-refractivity contribution in [3.8, 4) is 11.1 Å². The Bertz CT molecular complexity index is 1300. The molecule has 8 nitrogen and oxygen atoms in total. The molecule has 5 rings (SSSR count). The van der Waals surface area contributed by atoms with E-state index >= 15 is 0 Å². The molecular weight excluding hydrogens is 480 g/mol. The van der Waals surface area contributed by atoms with Gasteiger partial charge in [0, 0.05) is 61.9 Å². The van der Waals surface area contributed by atoms with Gasteiger partial charge in [-0.3, -0.25) is 14.7 Å². The molecule has 8 heteroatoms. The third-order valence-electron chi connectivity index (χ3n) is 7.10. The fourth-order valence-corrected chi connectivity index (χ4v) is 5.00. The molecule has 1 amide bonds. The Hall–Kier alpha value is -4.04. The predicted octanol–water partition coefficient (Wildman–Crippen LogP) is 4.80. The topological polar surface area (TPSA) is 95.9 Å². The Morgan fingerprint density at radius 1 is 1.03 bits per heavy atom. The number of hydrogen-bond acceptors (Lipinski definition) is 6. The summed E-state index contributed by atoms with van der Waals surface area (Å²) in [7, 11) is 0. The number of carbonyl (C=O) groups is 2. The molecule has 3 aromatic rings. The number of benzene rings is 1. The average Bonchev–Trinajstić information content (AvgIpc) is 3.51. The molecule has 2 fully saturated rings. The molecule has 1 N–H and O–H groups in total. The molecule has 0 aliphatic carbocycles. The lowest BCUT2D eigenvalue weighted by Gasteiger charge is -2.28. The van der Waals surface area contributed by atoms with Gasteiger partial charge in [0.25, 0.3) is 0 Å². The molecule has 0 bridgehead atoms. The quantitative estimate of drug-likeness (QED) is 0.433. The highest BCUT2D eigenvalue weighted by Crippen LogP contribution is 2.28. The van der Waals surface area contributed by atoms with Crippen LogP contribution < -0.4 is 9.80 Å². The number of pyridine rings is 2. The summed E-state index contributed by atoms with van der Waals surface area (Å²) in [6, 6.07) is 16.0. The van der Waals surface area contributed by atoms with E-state index in [1.165, 1.54) is 24.6 Å². The van der Waals surface area contributed by atoms with Crippen LogP contribution in [-0.4, -0.2) is 53.3 Å². The van der Waals surface area contributed by atoms with Crippen LogP contribution in [0.4, 0.5) is 11.5 Å². The monoisotopic (exact) mass is 512 g/mol. The van der Waals surface area contributed by atoms with Crippen molar-refractivity contribution in [1.82, 2.24) is 9.97 Å². The Kier molecular flexibility index (Phi) is 8.09. The second-order valence-electron chi connectivity index (χ2n) is 9.71. The molecule has 38 heavy (non-hydrogen) atoms. The fourth-order valence-electron chi connectivity index (χ4n) is 5.00. The smallest absolute Gasteiger partial charge is 0.328 e. The van der Waals surface area contributed by atoms with Crippen LogP contribution in [0.2, 0.25) is 0 Å². The van der Waals surface area contributed by atoms with Crippen molar-refractivity contribution < 1.29 is 19.4 Å². The molecule has 2 aliphatic heterocycles. The van der Waals surface area contributed by atoms with Crippen molar-refractivity contribution in [3.63, 3.8) is 0 Å². The van der Waals surface area contributed by atoms with E-state index in [2.05, 4.69) is 34.1 Å². The van der Waals surface area contributed by atoms with Crippen LogP contribution in [0.1, 0.15) is 36.9 Å². The molecule has 1 aromatic carbocycles. The van der Waals surface area contributed by atoms with Gasteiger partial charge >= 0.3 is 5.97 Å². The minimum Gasteiger partial charge on any atom is -0.478 e. The summed E-state index contributed by atoms with van der Waals surface area (Å²) >= 11 is 0. The molecule has 2 saturated heterocycles. The van der Waals surface area contributed by atoms with Crippen molar-refractivity contribution in [2.45, 2.75) is 32.2 Å². The summed E-state index contributed by atoms with van der Waals surface area (Å²) in [6.45, 7) is 3.58. The van der Waals surface area contributed by atoms with Gasteiger partial charge in [-0.2, -0.15) is 0 Å². The molecular formula is C30H32N4O4. The first-order valence-electron chi connectivity index (χ1n) is 13.1. The number of carboxylic acids is 1. The van der Waals surface area contributed by atoms with Crippen molar-refractivity contribution >= 4 is 29.5 Å². The first kappa shape index (κ1) is 25.6. The summed E-state index contributed by atoms with van der Waals surface area (Å²) < 4.78 is 5.46. The zero-order chi connectivity index (χ0) is 26.3. The van der Waals surface area contributed by atoms with Crippen LogP contribution in [0, 0.1) is 5.92 Å². The number of anilines is 2. The largest absolute Gasteiger partial charge is 0.478 e. The minimum atomic E-state index is -1.03. The Morgan fingerprint density at radius 3 is 2.58 bits per heavy atom. The van der Waals surface area contributed by atoms with Gasteiger partial charge in [0.2, 0.25) is 5.91 Å². The number of nitrogens with zero attached hydrogens (tertiary/aromatic N) is 4. The maximum absolute atomic E-state index is 13.6. The average molecular weight is 513 g/mol. The predicted molar refractivity (Wildman–Crippen MR) is 147 cm³/mol. The number of hydrogen-bond donors (Lipinski definition) is 1. The minimum absolute atomic E-state index is 0.0237. The summed E-state index contributed by atoms with van der Waals surface area (Å²) in [5.74, 6) is -0.743. The molecule has 0 saturated carbocycles. The van der Waals surface area contributed by atoms with E-state index < -0.39 is 5.97 Å². The molecule has 0 spiro atoms. The van der Waals surface area contributed by atoms with E-state index in [0.717, 1.165) is 36.0 Å². The van der Waals surface area contributed by atoms with Crippen LogP contribution in [0.25, 0.3) is 17.2 Å². The summed E-state index contributed by atoms with van der Waals surface area (Å²) in [4.78, 5) is 37.8. The first-order chi connectivity index (χ1) is 18.6. The van der Waals surface area contributed by atoms with E-state index in [9.17, 15) is 9.59 Å². The zero-order valence-corrected chi connectivity index (χ0v) is 21.3. The lowest BCUT2D eigenvalue weighted by Crippen LogP contribution is -2.39. The summed E-state index contributed by atoms with van der Waals surface area (Å²) in [5.41, 5.74) is 4.78. The SMILES string of the molecule is O=C(O)C=Cc1ccnc(N(Cc2ccc(-c3cccc(N4CCCC4)c3)cn2)C(=O)C2CCOCC2)c1. The van der Waals surface area contributed by atoms with Gasteiger partial charge < -0.3 is 14.7 Å². The fraction of sp³-hybridized carbons (Fsp3) is 0.333. The molecule has 0 radical (unpaired) electrons. The molecule has 196 valence electrons. The Balaban J connectivity index is 1.38. The number of carbonyl (C=O) groups excluding carboxylic acids is 1. The summed E-state index contributed by atoms with van der Waals surface area (Å²) in [5, 5.41) is 8.99. The molecule has 0 atom stereocenters. The van der Waals surface area contributed by atoms with Gasteiger partial charge in [-0.1, -0.05) is 18.2 Å². The van der Waals surface area contributed by atoms with Crippen molar-refractivity contribution in [2.75, 3.05) is 36.1 Å². The van der Waals surface area contributed by atoms with Crippen LogP contribution in [-0.2, 0) is 20.9 Å². The van der Waals surface area contributed by atoms with E-state index in [-0.39, 0.29) is 18.4 Å². The van der Waals surface area contributed by atoms with Crippen LogP contribution in [0.15, 0.2) is 67.0 Å². The number of carboxylic acid groups (broad SMARTS) is 1. The Labute approximate surface area is 222 Å². The molecule has 2 aliphatic rings. The number of aromatic nitrogens is 2. The van der Waals surface area contributed by atoms with Crippen LogP contribution >= 0.6 is 0 Å². The number of ether oxygens (including phenoxy) is 1. The lowest BCUT2D eigenvalue weighted by atomic mass is 9.98. The normalized spacial score (nSPS) is 16.2. The van der Waals surface area contributed by atoms with Gasteiger partial charge in [-0.05, 0) is 73.2 Å². The van der Waals surface area contributed by atoms with E-state index in [1.54, 1.807) is 23.2 Å². The van der Waals surface area contributed by atoms with Gasteiger partial charge in [-0.15, -0.1) is 0 Å². The molecule has 4 heterocycles. The van der Waals surface area contributed by atoms with Crippen molar-refractivity contribution in [1.29, 1.82) is 0 Å². The van der Waals surface area contributed by atoms with Crippen LogP contribution in [0.5, 0.6) is 0 Å².